The Morgan fingerprint density at radius 2 is 1.92 bits per heavy atom. The molecule has 1 saturated heterocycles. The van der Waals surface area contributed by atoms with Crippen molar-refractivity contribution in [2.75, 3.05) is 19.6 Å². The summed E-state index contributed by atoms with van der Waals surface area (Å²) in [4.78, 5) is 2.43. The van der Waals surface area contributed by atoms with Crippen molar-refractivity contribution in [2.45, 2.75) is 33.3 Å². The summed E-state index contributed by atoms with van der Waals surface area (Å²) < 4.78 is 0. The van der Waals surface area contributed by atoms with Gasteiger partial charge in [0.05, 0.1) is 6.10 Å². The molecule has 2 heteroatoms. The minimum Gasteiger partial charge on any atom is -0.392 e. The maximum atomic E-state index is 9.51. The summed E-state index contributed by atoms with van der Waals surface area (Å²) in [7, 11) is 0. The third-order valence-electron chi connectivity index (χ3n) is 4.14. The van der Waals surface area contributed by atoms with Gasteiger partial charge in [0.2, 0.25) is 0 Å². The highest BCUT2D eigenvalue weighted by atomic mass is 16.3. The molecule has 3 atom stereocenters. The average molecular weight is 183 g/mol. The first-order valence-corrected chi connectivity index (χ1v) is 5.46. The highest BCUT2D eigenvalue weighted by Crippen LogP contribution is 2.61. The van der Waals surface area contributed by atoms with Crippen LogP contribution in [0.3, 0.4) is 0 Å². The summed E-state index contributed by atoms with van der Waals surface area (Å²) >= 11 is 0. The van der Waals surface area contributed by atoms with Gasteiger partial charge in [-0.1, -0.05) is 20.8 Å². The summed E-state index contributed by atoms with van der Waals surface area (Å²) in [6, 6.07) is 0. The number of rotatable bonds is 3. The summed E-state index contributed by atoms with van der Waals surface area (Å²) in [5.41, 5.74) is 0.605. The summed E-state index contributed by atoms with van der Waals surface area (Å²) in [6.45, 7) is 10.1. The van der Waals surface area contributed by atoms with E-state index in [1.54, 1.807) is 0 Å². The second kappa shape index (κ2) is 2.96. The van der Waals surface area contributed by atoms with Gasteiger partial charge in [-0.3, -0.25) is 0 Å². The molecule has 1 aliphatic heterocycles. The fraction of sp³-hybridized carbons (Fsp3) is 1.00. The Hall–Kier alpha value is -0.0800. The molecule has 2 fully saturated rings. The largest absolute Gasteiger partial charge is 0.392 e. The van der Waals surface area contributed by atoms with Crippen molar-refractivity contribution in [3.05, 3.63) is 0 Å². The van der Waals surface area contributed by atoms with Gasteiger partial charge in [0.1, 0.15) is 0 Å². The molecule has 2 nitrogen and oxygen atoms in total. The number of likely N-dealkylation sites (tertiary alicyclic amines) is 1. The molecule has 0 amide bonds. The second-order valence-electron chi connectivity index (χ2n) is 5.31. The van der Waals surface area contributed by atoms with Crippen LogP contribution in [0.25, 0.3) is 0 Å². The molecule has 1 aliphatic carbocycles. The molecule has 2 unspecified atom stereocenters. The first kappa shape index (κ1) is 9.47. The Kier molecular flexibility index (Phi) is 2.16. The molecule has 0 aromatic rings. The number of aliphatic hydroxyl groups is 1. The van der Waals surface area contributed by atoms with Crippen LogP contribution >= 0.6 is 0 Å². The molecular weight excluding hydrogens is 162 g/mol. The normalized spacial score (nSPS) is 38.8. The van der Waals surface area contributed by atoms with Crippen LogP contribution in [0, 0.1) is 17.3 Å². The lowest BCUT2D eigenvalue weighted by atomic mass is 10.1. The first-order valence-electron chi connectivity index (χ1n) is 5.46. The third kappa shape index (κ3) is 1.50. The molecule has 0 radical (unpaired) electrons. The number of hydrogen-bond donors (Lipinski definition) is 1. The van der Waals surface area contributed by atoms with Crippen molar-refractivity contribution in [2.24, 2.45) is 17.3 Å². The minimum atomic E-state index is -0.111. The molecule has 2 rings (SSSR count). The summed E-state index contributed by atoms with van der Waals surface area (Å²) in [5, 5.41) is 9.51. The zero-order valence-electron chi connectivity index (χ0n) is 8.95. The lowest BCUT2D eigenvalue weighted by Gasteiger charge is -2.23. The van der Waals surface area contributed by atoms with Gasteiger partial charge >= 0.3 is 0 Å². The highest BCUT2D eigenvalue weighted by molar-refractivity contribution is 5.11. The Morgan fingerprint density at radius 3 is 2.38 bits per heavy atom. The predicted octanol–water partition coefficient (Wildman–Crippen LogP) is 1.35. The van der Waals surface area contributed by atoms with Gasteiger partial charge in [0.25, 0.3) is 0 Å². The van der Waals surface area contributed by atoms with E-state index >= 15 is 0 Å². The van der Waals surface area contributed by atoms with E-state index in [-0.39, 0.29) is 6.10 Å². The van der Waals surface area contributed by atoms with E-state index < -0.39 is 0 Å². The van der Waals surface area contributed by atoms with E-state index in [1.807, 2.05) is 6.92 Å². The van der Waals surface area contributed by atoms with E-state index in [0.717, 1.165) is 24.8 Å². The van der Waals surface area contributed by atoms with Gasteiger partial charge in [0, 0.05) is 19.6 Å². The molecule has 0 aromatic heterocycles. The van der Waals surface area contributed by atoms with Crippen LogP contribution in [-0.4, -0.2) is 35.7 Å². The standard InChI is InChI=1S/C11H21NO/c1-4-8(13)5-12-6-9-10(7-12)11(9,2)3/h8-10,13H,4-7H2,1-3H3/t8-,9?,10?/m1/s1. The van der Waals surface area contributed by atoms with E-state index in [4.69, 9.17) is 0 Å². The molecule has 0 bridgehead atoms. The molecular formula is C11H21NO. The van der Waals surface area contributed by atoms with Gasteiger partial charge in [-0.2, -0.15) is 0 Å². The van der Waals surface area contributed by atoms with Gasteiger partial charge in [-0.15, -0.1) is 0 Å². The summed E-state index contributed by atoms with van der Waals surface area (Å²) in [5.74, 6) is 1.83. The molecule has 0 aromatic carbocycles. The number of fused-ring (bicyclic) bond motifs is 1. The average Bonchev–Trinajstić information content (AvgIpc) is 2.54. The van der Waals surface area contributed by atoms with Gasteiger partial charge in [-0.25, -0.2) is 0 Å². The van der Waals surface area contributed by atoms with Crippen LogP contribution in [0.5, 0.6) is 0 Å². The summed E-state index contributed by atoms with van der Waals surface area (Å²) in [6.07, 6.45) is 0.774. The lowest BCUT2D eigenvalue weighted by molar-refractivity contribution is 0.109. The van der Waals surface area contributed by atoms with Gasteiger partial charge < -0.3 is 10.0 Å². The van der Waals surface area contributed by atoms with Crippen LogP contribution in [0.2, 0.25) is 0 Å². The zero-order valence-corrected chi connectivity index (χ0v) is 8.95. The number of β-amino-alcohol motifs (C(OH)–C–C–N with tert-alkyl or cyclic N) is 1. The van der Waals surface area contributed by atoms with Gasteiger partial charge in [-0.05, 0) is 23.7 Å². The fourth-order valence-electron chi connectivity index (χ4n) is 2.79. The molecule has 0 spiro atoms. The topological polar surface area (TPSA) is 23.5 Å². The maximum Gasteiger partial charge on any atom is 0.0664 e. The van der Waals surface area contributed by atoms with Crippen molar-refractivity contribution in [1.29, 1.82) is 0 Å². The van der Waals surface area contributed by atoms with Crippen molar-refractivity contribution in [1.82, 2.24) is 4.90 Å². The van der Waals surface area contributed by atoms with E-state index in [2.05, 4.69) is 18.7 Å². The molecule has 1 N–H and O–H groups in total. The maximum absolute atomic E-state index is 9.51. The van der Waals surface area contributed by atoms with Crippen LogP contribution in [-0.2, 0) is 0 Å². The monoisotopic (exact) mass is 183 g/mol. The zero-order chi connectivity index (χ0) is 9.64. The highest BCUT2D eigenvalue weighted by Gasteiger charge is 2.61. The van der Waals surface area contributed by atoms with Gasteiger partial charge in [0.15, 0.2) is 0 Å². The third-order valence-corrected chi connectivity index (χ3v) is 4.14. The van der Waals surface area contributed by atoms with Crippen LogP contribution < -0.4 is 0 Å². The predicted molar refractivity (Wildman–Crippen MR) is 53.5 cm³/mol. The van der Waals surface area contributed by atoms with E-state index in [9.17, 15) is 5.11 Å². The van der Waals surface area contributed by atoms with Crippen molar-refractivity contribution in [3.8, 4) is 0 Å². The van der Waals surface area contributed by atoms with Crippen LogP contribution in [0.15, 0.2) is 0 Å². The Balaban J connectivity index is 1.78. The quantitative estimate of drug-likeness (QED) is 0.714. The van der Waals surface area contributed by atoms with Crippen molar-refractivity contribution < 1.29 is 5.11 Å². The Labute approximate surface area is 80.9 Å². The molecule has 13 heavy (non-hydrogen) atoms. The smallest absolute Gasteiger partial charge is 0.0664 e. The molecule has 1 heterocycles. The molecule has 1 saturated carbocycles. The Morgan fingerprint density at radius 1 is 1.38 bits per heavy atom. The van der Waals surface area contributed by atoms with Crippen molar-refractivity contribution >= 4 is 0 Å². The van der Waals surface area contributed by atoms with Crippen LogP contribution in [0.4, 0.5) is 0 Å². The fourth-order valence-corrected chi connectivity index (χ4v) is 2.79. The Bertz CT molecular complexity index is 188. The number of piperidine rings is 1. The number of nitrogens with zero attached hydrogens (tertiary/aromatic N) is 1. The van der Waals surface area contributed by atoms with E-state index in [0.29, 0.717) is 5.41 Å². The minimum absolute atomic E-state index is 0.111. The molecule has 76 valence electrons. The first-order chi connectivity index (χ1) is 6.05. The molecule has 2 aliphatic rings. The van der Waals surface area contributed by atoms with E-state index in [1.165, 1.54) is 13.1 Å². The van der Waals surface area contributed by atoms with Crippen LogP contribution in [0.1, 0.15) is 27.2 Å². The SMILES string of the molecule is CC[C@@H](O)CN1CC2C(C1)C2(C)C. The number of aliphatic hydroxyl groups excluding tert-OH is 1. The second-order valence-corrected chi connectivity index (χ2v) is 5.31. The van der Waals surface area contributed by atoms with Crippen molar-refractivity contribution in [3.63, 3.8) is 0 Å². The number of hydrogen-bond acceptors (Lipinski definition) is 2. The lowest BCUT2D eigenvalue weighted by Crippen LogP contribution is -2.33.